The molecule has 2 N–H and O–H groups in total. The minimum atomic E-state index is -0.487. The highest BCUT2D eigenvalue weighted by Crippen LogP contribution is 2.46. The molecule has 0 radical (unpaired) electrons. The molecule has 2 bridgehead atoms. The van der Waals surface area contributed by atoms with Gasteiger partial charge in [-0.15, -0.1) is 0 Å². The number of rotatable bonds is 1. The lowest BCUT2D eigenvalue weighted by Gasteiger charge is -2.33. The summed E-state index contributed by atoms with van der Waals surface area (Å²) >= 11 is 0. The van der Waals surface area contributed by atoms with Crippen molar-refractivity contribution < 1.29 is 14.3 Å². The van der Waals surface area contributed by atoms with Crippen LogP contribution in [-0.2, 0) is 4.74 Å². The van der Waals surface area contributed by atoms with Gasteiger partial charge in [0.15, 0.2) is 0 Å². The molecular weight excluding hydrogens is 280 g/mol. The van der Waals surface area contributed by atoms with Gasteiger partial charge in [0, 0.05) is 30.5 Å². The minimum absolute atomic E-state index is 0.259. The van der Waals surface area contributed by atoms with Gasteiger partial charge in [-0.2, -0.15) is 0 Å². The first-order chi connectivity index (χ1) is 10.2. The average molecular weight is 302 g/mol. The number of nitrogens with two attached hydrogens (primary N) is 1. The van der Waals surface area contributed by atoms with Crippen LogP contribution in [0, 0.1) is 0 Å². The van der Waals surface area contributed by atoms with Crippen molar-refractivity contribution in [2.75, 3.05) is 13.1 Å². The van der Waals surface area contributed by atoms with Crippen LogP contribution < -0.4 is 5.73 Å². The zero-order valence-corrected chi connectivity index (χ0v) is 13.3. The highest BCUT2D eigenvalue weighted by Gasteiger charge is 2.40. The van der Waals surface area contributed by atoms with E-state index in [0.717, 1.165) is 12.0 Å². The van der Waals surface area contributed by atoms with E-state index in [1.807, 2.05) is 32.9 Å². The number of hydrogen-bond acceptors (Lipinski definition) is 3. The van der Waals surface area contributed by atoms with Crippen molar-refractivity contribution in [3.63, 3.8) is 0 Å². The quantitative estimate of drug-likeness (QED) is 0.866. The Morgan fingerprint density at radius 3 is 2.41 bits per heavy atom. The van der Waals surface area contributed by atoms with Gasteiger partial charge in [-0.25, -0.2) is 4.79 Å². The second-order valence-corrected chi connectivity index (χ2v) is 7.22. The molecule has 118 valence electrons. The van der Waals surface area contributed by atoms with Crippen molar-refractivity contribution in [3.8, 4) is 0 Å². The second-order valence-electron chi connectivity index (χ2n) is 7.22. The summed E-state index contributed by atoms with van der Waals surface area (Å²) < 4.78 is 5.48. The van der Waals surface area contributed by atoms with E-state index in [0.29, 0.717) is 24.6 Å². The third kappa shape index (κ3) is 2.67. The predicted octanol–water partition coefficient (Wildman–Crippen LogP) is 2.61. The Morgan fingerprint density at radius 2 is 1.82 bits per heavy atom. The number of piperidine rings is 1. The number of likely N-dealkylation sites (tertiary alicyclic amines) is 1. The largest absolute Gasteiger partial charge is 0.444 e. The number of ether oxygens (including phenoxy) is 1. The Hall–Kier alpha value is -2.04. The number of fused-ring (bicyclic) bond motifs is 5. The van der Waals surface area contributed by atoms with E-state index in [1.165, 1.54) is 5.56 Å². The Kier molecular flexibility index (Phi) is 3.38. The standard InChI is InChI=1S/C17H22N2O3/c1-17(2,3)22-16(21)19-8-11-6-12(9-19)14-7-10(15(18)20)4-5-13(11)14/h4-5,7,11-12H,6,8-9H2,1-3H3,(H2,18,20). The zero-order valence-electron chi connectivity index (χ0n) is 13.3. The molecule has 1 aromatic rings. The van der Waals surface area contributed by atoms with E-state index in [-0.39, 0.29) is 12.0 Å². The monoisotopic (exact) mass is 302 g/mol. The van der Waals surface area contributed by atoms with Crippen molar-refractivity contribution in [3.05, 3.63) is 34.9 Å². The van der Waals surface area contributed by atoms with Crippen molar-refractivity contribution in [1.82, 2.24) is 4.90 Å². The number of hydrogen-bond donors (Lipinski definition) is 1. The molecule has 0 aromatic heterocycles. The third-order valence-corrected chi connectivity index (χ3v) is 4.35. The first-order valence-electron chi connectivity index (χ1n) is 7.66. The number of carbonyl (C=O) groups is 2. The fourth-order valence-corrected chi connectivity index (χ4v) is 3.48. The first-order valence-corrected chi connectivity index (χ1v) is 7.66. The molecule has 1 aromatic carbocycles. The lowest BCUT2D eigenvalue weighted by atomic mass is 9.96. The van der Waals surface area contributed by atoms with Crippen molar-refractivity contribution in [2.45, 2.75) is 44.6 Å². The molecule has 22 heavy (non-hydrogen) atoms. The van der Waals surface area contributed by atoms with E-state index in [4.69, 9.17) is 10.5 Å². The van der Waals surface area contributed by atoms with E-state index in [2.05, 4.69) is 0 Å². The maximum atomic E-state index is 12.3. The van der Waals surface area contributed by atoms with Gasteiger partial charge in [-0.3, -0.25) is 4.79 Å². The van der Waals surface area contributed by atoms with Crippen LogP contribution >= 0.6 is 0 Å². The first kappa shape index (κ1) is 14.9. The Bertz CT molecular complexity index is 633. The molecule has 5 nitrogen and oxygen atoms in total. The molecule has 1 heterocycles. The fourth-order valence-electron chi connectivity index (χ4n) is 3.48. The lowest BCUT2D eigenvalue weighted by molar-refractivity contribution is 0.0192. The van der Waals surface area contributed by atoms with Crippen molar-refractivity contribution in [1.29, 1.82) is 0 Å². The smallest absolute Gasteiger partial charge is 0.410 e. The second kappa shape index (κ2) is 5.00. The minimum Gasteiger partial charge on any atom is -0.444 e. The average Bonchev–Trinajstić information content (AvgIpc) is 2.68. The summed E-state index contributed by atoms with van der Waals surface area (Å²) in [7, 11) is 0. The summed E-state index contributed by atoms with van der Waals surface area (Å²) in [6.07, 6.45) is 0.766. The number of benzene rings is 1. The molecule has 2 amide bonds. The summed E-state index contributed by atoms with van der Waals surface area (Å²) in [6.45, 7) is 6.93. The van der Waals surface area contributed by atoms with E-state index in [9.17, 15) is 9.59 Å². The van der Waals surface area contributed by atoms with Gasteiger partial charge in [-0.1, -0.05) is 6.07 Å². The summed E-state index contributed by atoms with van der Waals surface area (Å²) in [4.78, 5) is 25.4. The SMILES string of the molecule is CC(C)(C)OC(=O)N1CC2CC(C1)c1cc(C(N)=O)ccc12. The highest BCUT2D eigenvalue weighted by molar-refractivity contribution is 5.93. The molecule has 1 fully saturated rings. The van der Waals surface area contributed by atoms with E-state index >= 15 is 0 Å². The number of carbonyl (C=O) groups excluding carboxylic acids is 2. The maximum Gasteiger partial charge on any atom is 0.410 e. The Balaban J connectivity index is 1.81. The number of nitrogens with zero attached hydrogens (tertiary/aromatic N) is 1. The van der Waals surface area contributed by atoms with Gasteiger partial charge in [0.2, 0.25) is 5.91 Å². The van der Waals surface area contributed by atoms with Crippen LogP contribution in [0.5, 0.6) is 0 Å². The van der Waals surface area contributed by atoms with Gasteiger partial charge in [0.1, 0.15) is 5.60 Å². The molecule has 1 saturated heterocycles. The molecule has 1 aliphatic heterocycles. The highest BCUT2D eigenvalue weighted by atomic mass is 16.6. The van der Waals surface area contributed by atoms with E-state index in [1.54, 1.807) is 11.0 Å². The molecule has 0 saturated carbocycles. The molecule has 2 unspecified atom stereocenters. The summed E-state index contributed by atoms with van der Waals surface area (Å²) in [5, 5.41) is 0. The van der Waals surface area contributed by atoms with Gasteiger partial charge in [-0.05, 0) is 50.5 Å². The summed E-state index contributed by atoms with van der Waals surface area (Å²) in [6, 6.07) is 5.65. The number of amides is 2. The normalized spacial score (nSPS) is 23.1. The molecular formula is C17H22N2O3. The van der Waals surface area contributed by atoms with Crippen LogP contribution in [0.15, 0.2) is 18.2 Å². The third-order valence-electron chi connectivity index (χ3n) is 4.35. The molecule has 1 aliphatic carbocycles. The van der Waals surface area contributed by atoms with Gasteiger partial charge >= 0.3 is 6.09 Å². The molecule has 2 aliphatic rings. The van der Waals surface area contributed by atoms with Gasteiger partial charge in [0.25, 0.3) is 0 Å². The summed E-state index contributed by atoms with van der Waals surface area (Å²) in [5.41, 5.74) is 7.81. The topological polar surface area (TPSA) is 72.6 Å². The van der Waals surface area contributed by atoms with Crippen LogP contribution in [0.25, 0.3) is 0 Å². The number of primary amides is 1. The van der Waals surface area contributed by atoms with Crippen molar-refractivity contribution >= 4 is 12.0 Å². The van der Waals surface area contributed by atoms with Gasteiger partial charge in [0.05, 0.1) is 0 Å². The van der Waals surface area contributed by atoms with E-state index < -0.39 is 11.5 Å². The zero-order chi connectivity index (χ0) is 16.1. The predicted molar refractivity (Wildman–Crippen MR) is 82.9 cm³/mol. The molecule has 0 spiro atoms. The lowest BCUT2D eigenvalue weighted by Crippen LogP contribution is -2.42. The van der Waals surface area contributed by atoms with Crippen LogP contribution in [0.1, 0.15) is 60.5 Å². The molecule has 3 rings (SSSR count). The molecule has 2 atom stereocenters. The van der Waals surface area contributed by atoms with Crippen LogP contribution in [0.3, 0.4) is 0 Å². The van der Waals surface area contributed by atoms with Crippen LogP contribution in [0.2, 0.25) is 0 Å². The fraction of sp³-hybridized carbons (Fsp3) is 0.529. The Morgan fingerprint density at radius 1 is 1.18 bits per heavy atom. The Labute approximate surface area is 130 Å². The summed E-state index contributed by atoms with van der Waals surface area (Å²) in [5.74, 6) is 0.178. The van der Waals surface area contributed by atoms with Crippen molar-refractivity contribution in [2.24, 2.45) is 5.73 Å². The van der Waals surface area contributed by atoms with Crippen LogP contribution in [0.4, 0.5) is 4.79 Å². The maximum absolute atomic E-state index is 12.3. The van der Waals surface area contributed by atoms with Gasteiger partial charge < -0.3 is 15.4 Å². The van der Waals surface area contributed by atoms with Crippen LogP contribution in [-0.4, -0.2) is 35.6 Å². The molecule has 5 heteroatoms.